The van der Waals surface area contributed by atoms with Crippen LogP contribution in [0.25, 0.3) is 11.0 Å². The number of amides is 1. The molecule has 0 saturated heterocycles. The van der Waals surface area contributed by atoms with Gasteiger partial charge in [0, 0.05) is 26.8 Å². The van der Waals surface area contributed by atoms with E-state index in [2.05, 4.69) is 10.3 Å². The van der Waals surface area contributed by atoms with Crippen LogP contribution < -0.4 is 16.6 Å². The zero-order chi connectivity index (χ0) is 21.8. The minimum Gasteiger partial charge on any atom is -0.389 e. The van der Waals surface area contributed by atoms with Gasteiger partial charge in [-0.15, -0.1) is 0 Å². The summed E-state index contributed by atoms with van der Waals surface area (Å²) in [6.45, 7) is 1.91. The lowest BCUT2D eigenvalue weighted by Crippen LogP contribution is -2.38. The summed E-state index contributed by atoms with van der Waals surface area (Å²) >= 11 is 0. The average Bonchev–Trinajstić information content (AvgIpc) is 2.78. The van der Waals surface area contributed by atoms with Crippen molar-refractivity contribution in [2.45, 2.75) is 19.1 Å². The Morgan fingerprint density at radius 3 is 2.60 bits per heavy atom. The number of aryl methyl sites for hydroxylation is 1. The summed E-state index contributed by atoms with van der Waals surface area (Å²) < 4.78 is 7.85. The van der Waals surface area contributed by atoms with Gasteiger partial charge in [-0.3, -0.25) is 18.7 Å². The zero-order valence-corrected chi connectivity index (χ0v) is 17.0. The van der Waals surface area contributed by atoms with E-state index in [1.54, 1.807) is 0 Å². The van der Waals surface area contributed by atoms with Crippen molar-refractivity contribution < 1.29 is 14.6 Å². The number of aliphatic hydroxyl groups excluding tert-OH is 1. The molecule has 3 aromatic rings. The van der Waals surface area contributed by atoms with E-state index in [4.69, 9.17) is 4.74 Å². The van der Waals surface area contributed by atoms with Crippen LogP contribution in [0.3, 0.4) is 0 Å². The number of benzene rings is 1. The predicted molar refractivity (Wildman–Crippen MR) is 111 cm³/mol. The lowest BCUT2D eigenvalue weighted by molar-refractivity contribution is -0.00171. The van der Waals surface area contributed by atoms with Crippen LogP contribution in [0.2, 0.25) is 0 Å². The van der Waals surface area contributed by atoms with E-state index in [-0.39, 0.29) is 35.9 Å². The number of aliphatic hydroxyl groups is 1. The molecular formula is C21H24N4O5. The highest BCUT2D eigenvalue weighted by Crippen LogP contribution is 2.16. The summed E-state index contributed by atoms with van der Waals surface area (Å²) in [5.41, 5.74) is 0.322. The third-order valence-corrected chi connectivity index (χ3v) is 4.86. The molecule has 9 nitrogen and oxygen atoms in total. The van der Waals surface area contributed by atoms with Gasteiger partial charge in [0.05, 0.1) is 29.8 Å². The molecule has 0 aliphatic heterocycles. The molecule has 0 aliphatic rings. The number of nitrogens with zero attached hydrogens (tertiary/aromatic N) is 3. The van der Waals surface area contributed by atoms with Crippen molar-refractivity contribution in [2.24, 2.45) is 14.1 Å². The van der Waals surface area contributed by atoms with Crippen molar-refractivity contribution in [3.05, 3.63) is 74.6 Å². The fraction of sp³-hybridized carbons (Fsp3) is 0.333. The highest BCUT2D eigenvalue weighted by Gasteiger charge is 2.15. The molecule has 0 spiro atoms. The molecule has 2 atom stereocenters. The number of carbonyl (C=O) groups excluding carboxylic acids is 1. The Morgan fingerprint density at radius 2 is 1.90 bits per heavy atom. The average molecular weight is 412 g/mol. The Morgan fingerprint density at radius 1 is 1.20 bits per heavy atom. The molecule has 3 rings (SSSR count). The Labute approximate surface area is 172 Å². The lowest BCUT2D eigenvalue weighted by Gasteiger charge is -2.17. The minimum absolute atomic E-state index is 0.0241. The Balaban J connectivity index is 1.62. The topological polar surface area (TPSA) is 115 Å². The molecule has 0 bridgehead atoms. The lowest BCUT2D eigenvalue weighted by atomic mass is 10.1. The number of pyridine rings is 1. The van der Waals surface area contributed by atoms with Crippen LogP contribution in [0.15, 0.2) is 52.2 Å². The monoisotopic (exact) mass is 412 g/mol. The summed E-state index contributed by atoms with van der Waals surface area (Å²) in [6, 6.07) is 11.0. The maximum atomic E-state index is 12.4. The van der Waals surface area contributed by atoms with Gasteiger partial charge in [-0.25, -0.2) is 9.78 Å². The van der Waals surface area contributed by atoms with Crippen molar-refractivity contribution in [1.29, 1.82) is 0 Å². The standard InChI is InChI=1S/C21H24N4O5/c1-13(14-7-5-4-6-8-14)30-12-16(26)11-23-19(27)15-9-17-18(22-10-15)24(2)21(29)25(3)20(17)28/h4-10,13,16,26H,11-12H2,1-3H3,(H,23,27)/t13-,16-/m1/s1. The molecule has 0 unspecified atom stereocenters. The van der Waals surface area contributed by atoms with Crippen molar-refractivity contribution in [3.63, 3.8) is 0 Å². The van der Waals surface area contributed by atoms with Gasteiger partial charge >= 0.3 is 5.69 Å². The quantitative estimate of drug-likeness (QED) is 0.584. The summed E-state index contributed by atoms with van der Waals surface area (Å²) in [4.78, 5) is 40.8. The van der Waals surface area contributed by atoms with Gasteiger partial charge in [-0.1, -0.05) is 30.3 Å². The molecule has 9 heteroatoms. The summed E-state index contributed by atoms with van der Waals surface area (Å²) in [5, 5.41) is 12.9. The second-order valence-corrected chi connectivity index (χ2v) is 7.05. The third-order valence-electron chi connectivity index (χ3n) is 4.86. The molecule has 1 amide bonds. The van der Waals surface area contributed by atoms with Crippen molar-refractivity contribution in [2.75, 3.05) is 13.2 Å². The first-order valence-electron chi connectivity index (χ1n) is 9.48. The first kappa shape index (κ1) is 21.4. The van der Waals surface area contributed by atoms with Crippen molar-refractivity contribution >= 4 is 16.9 Å². The molecular weight excluding hydrogens is 388 g/mol. The Kier molecular flexibility index (Phi) is 6.43. The third kappa shape index (κ3) is 4.47. The highest BCUT2D eigenvalue weighted by atomic mass is 16.5. The van der Waals surface area contributed by atoms with Gasteiger partial charge in [-0.05, 0) is 18.6 Å². The SMILES string of the molecule is C[C@@H](OC[C@H](O)CNC(=O)c1cnc2c(c1)c(=O)n(C)c(=O)n2C)c1ccccc1. The van der Waals surface area contributed by atoms with E-state index in [9.17, 15) is 19.5 Å². The summed E-state index contributed by atoms with van der Waals surface area (Å²) in [6.07, 6.45) is 0.197. The van der Waals surface area contributed by atoms with Crippen LogP contribution in [0.1, 0.15) is 28.9 Å². The fourth-order valence-corrected chi connectivity index (χ4v) is 3.04. The van der Waals surface area contributed by atoms with Gasteiger partial charge in [-0.2, -0.15) is 0 Å². The summed E-state index contributed by atoms with van der Waals surface area (Å²) in [5.74, 6) is -0.490. The van der Waals surface area contributed by atoms with E-state index < -0.39 is 23.3 Å². The molecule has 0 radical (unpaired) electrons. The molecule has 0 aliphatic carbocycles. The van der Waals surface area contributed by atoms with Crippen LogP contribution in [0.4, 0.5) is 0 Å². The van der Waals surface area contributed by atoms with Crippen LogP contribution in [-0.4, -0.2) is 44.4 Å². The summed E-state index contributed by atoms with van der Waals surface area (Å²) in [7, 11) is 2.87. The second kappa shape index (κ2) is 9.02. The second-order valence-electron chi connectivity index (χ2n) is 7.05. The number of rotatable bonds is 7. The van der Waals surface area contributed by atoms with Crippen molar-refractivity contribution in [3.8, 4) is 0 Å². The Hall–Kier alpha value is -3.30. The number of ether oxygens (including phenoxy) is 1. The van der Waals surface area contributed by atoms with E-state index in [0.29, 0.717) is 0 Å². The minimum atomic E-state index is -0.901. The smallest absolute Gasteiger partial charge is 0.332 e. The first-order valence-corrected chi connectivity index (χ1v) is 9.48. The van der Waals surface area contributed by atoms with E-state index in [1.807, 2.05) is 37.3 Å². The number of fused-ring (bicyclic) bond motifs is 1. The molecule has 0 saturated carbocycles. The van der Waals surface area contributed by atoms with Crippen LogP contribution in [0.5, 0.6) is 0 Å². The molecule has 158 valence electrons. The van der Waals surface area contributed by atoms with Gasteiger partial charge in [0.15, 0.2) is 0 Å². The van der Waals surface area contributed by atoms with Gasteiger partial charge in [0.25, 0.3) is 11.5 Å². The maximum Gasteiger partial charge on any atom is 0.332 e. The Bertz CT molecular complexity index is 1170. The van der Waals surface area contributed by atoms with Crippen LogP contribution in [0, 0.1) is 0 Å². The fourth-order valence-electron chi connectivity index (χ4n) is 3.04. The number of aromatic nitrogens is 3. The van der Waals surface area contributed by atoms with Crippen LogP contribution >= 0.6 is 0 Å². The molecule has 1 aromatic carbocycles. The van der Waals surface area contributed by atoms with Gasteiger partial charge < -0.3 is 15.2 Å². The molecule has 0 fully saturated rings. The molecule has 2 N–H and O–H groups in total. The van der Waals surface area contributed by atoms with Gasteiger partial charge in [0.1, 0.15) is 5.65 Å². The number of hydrogen-bond acceptors (Lipinski definition) is 6. The number of nitrogens with one attached hydrogen (secondary N) is 1. The first-order chi connectivity index (χ1) is 14.3. The van der Waals surface area contributed by atoms with E-state index in [1.165, 1.54) is 30.9 Å². The van der Waals surface area contributed by atoms with E-state index in [0.717, 1.165) is 10.1 Å². The molecule has 2 heterocycles. The van der Waals surface area contributed by atoms with Gasteiger partial charge in [0.2, 0.25) is 0 Å². The molecule has 30 heavy (non-hydrogen) atoms. The number of carbonyl (C=O) groups is 1. The predicted octanol–water partition coefficient (Wildman–Crippen LogP) is 0.501. The van der Waals surface area contributed by atoms with Crippen molar-refractivity contribution in [1.82, 2.24) is 19.4 Å². The maximum absolute atomic E-state index is 12.4. The normalized spacial score (nSPS) is 13.2. The largest absolute Gasteiger partial charge is 0.389 e. The molecule has 2 aromatic heterocycles. The highest BCUT2D eigenvalue weighted by molar-refractivity contribution is 5.96. The number of hydrogen-bond donors (Lipinski definition) is 2. The zero-order valence-electron chi connectivity index (χ0n) is 17.0. The van der Waals surface area contributed by atoms with Crippen LogP contribution in [-0.2, 0) is 18.8 Å². The van der Waals surface area contributed by atoms with E-state index >= 15 is 0 Å².